The normalized spacial score (nSPS) is 20.1. The Bertz CT molecular complexity index is 1480. The standard InChI is InChI=1S/C34H39ClN2O4/c1-19-8-10-22(12-20(19)2)36-29(40)18-41-28-11-9-21(35)13-23(28)30-31-24(14-33(3,4)16-26(31)38)37(7)25-15-34(5,6)17-27(39)32(25)30/h8-13,30H,14-18H2,1-7H3,(H,36,40). The third-order valence-corrected chi connectivity index (χ3v) is 8.85. The number of nitrogens with zero attached hydrogens (tertiary/aromatic N) is 1. The molecule has 2 aromatic carbocycles. The largest absolute Gasteiger partial charge is 0.483 e. The third-order valence-electron chi connectivity index (χ3n) is 8.61. The number of Topliss-reactive ketones (excluding diaryl/α,β-unsaturated/α-hetero) is 2. The van der Waals surface area contributed by atoms with E-state index in [1.54, 1.807) is 18.2 Å². The molecule has 1 N–H and O–H groups in total. The number of halogens is 1. The first kappa shape index (κ1) is 29.1. The molecule has 2 aromatic rings. The summed E-state index contributed by atoms with van der Waals surface area (Å²) in [6.07, 6.45) is 2.24. The fourth-order valence-electron chi connectivity index (χ4n) is 6.51. The predicted octanol–water partition coefficient (Wildman–Crippen LogP) is 7.29. The Kier molecular flexibility index (Phi) is 7.44. The Morgan fingerprint density at radius 1 is 0.902 bits per heavy atom. The van der Waals surface area contributed by atoms with Crippen molar-refractivity contribution in [2.24, 2.45) is 10.8 Å². The molecule has 5 rings (SSSR count). The van der Waals surface area contributed by atoms with E-state index >= 15 is 0 Å². The number of ether oxygens (including phenoxy) is 1. The molecule has 0 saturated heterocycles. The van der Waals surface area contributed by atoms with Crippen LogP contribution in [0.5, 0.6) is 5.75 Å². The summed E-state index contributed by atoms with van der Waals surface area (Å²) in [6, 6.07) is 11.0. The second kappa shape index (κ2) is 10.5. The van der Waals surface area contributed by atoms with E-state index < -0.39 is 5.92 Å². The Morgan fingerprint density at radius 2 is 1.49 bits per heavy atom. The molecule has 6 nitrogen and oxygen atoms in total. The number of allylic oxidation sites excluding steroid dienone is 4. The highest BCUT2D eigenvalue weighted by atomic mass is 35.5. The Labute approximate surface area is 247 Å². The second-order valence-corrected chi connectivity index (χ2v) is 13.8. The molecule has 3 aliphatic rings. The SMILES string of the molecule is Cc1ccc(NC(=O)COc2ccc(Cl)cc2C2C3=C(CC(C)(C)CC3=O)N(C)C3=C2C(=O)CC(C)(C)C3)cc1C. The molecule has 0 fully saturated rings. The molecule has 0 radical (unpaired) electrons. The van der Waals surface area contributed by atoms with Crippen LogP contribution in [-0.4, -0.2) is 36.0 Å². The molecular formula is C34H39ClN2O4. The minimum absolute atomic E-state index is 0.0377. The van der Waals surface area contributed by atoms with Crippen LogP contribution in [0.4, 0.5) is 5.69 Å². The lowest BCUT2D eigenvalue weighted by Gasteiger charge is -2.48. The molecule has 7 heteroatoms. The minimum Gasteiger partial charge on any atom is -0.483 e. The van der Waals surface area contributed by atoms with Gasteiger partial charge in [-0.15, -0.1) is 0 Å². The van der Waals surface area contributed by atoms with Crippen molar-refractivity contribution < 1.29 is 19.1 Å². The Balaban J connectivity index is 1.55. The molecule has 1 aliphatic heterocycles. The van der Waals surface area contributed by atoms with Crippen molar-refractivity contribution in [2.75, 3.05) is 19.0 Å². The number of carbonyl (C=O) groups excluding carboxylic acids is 3. The average molecular weight is 575 g/mol. The molecule has 1 amide bonds. The number of amides is 1. The number of anilines is 1. The van der Waals surface area contributed by atoms with Crippen LogP contribution in [0.2, 0.25) is 5.02 Å². The highest BCUT2D eigenvalue weighted by Gasteiger charge is 2.48. The fraction of sp³-hybridized carbons (Fsp3) is 0.441. The Morgan fingerprint density at radius 3 is 2.05 bits per heavy atom. The van der Waals surface area contributed by atoms with Crippen molar-refractivity contribution in [1.29, 1.82) is 0 Å². The van der Waals surface area contributed by atoms with Crippen molar-refractivity contribution >= 4 is 34.8 Å². The average Bonchev–Trinajstić information content (AvgIpc) is 2.85. The third kappa shape index (κ3) is 5.72. The lowest BCUT2D eigenvalue weighted by atomic mass is 9.63. The van der Waals surface area contributed by atoms with Gasteiger partial charge in [0.05, 0.1) is 0 Å². The number of carbonyl (C=O) groups is 3. The Hall–Kier alpha value is -3.38. The van der Waals surface area contributed by atoms with Gasteiger partial charge in [0.1, 0.15) is 5.75 Å². The van der Waals surface area contributed by atoms with Gasteiger partial charge < -0.3 is 15.0 Å². The predicted molar refractivity (Wildman–Crippen MR) is 162 cm³/mol. The van der Waals surface area contributed by atoms with Gasteiger partial charge in [-0.1, -0.05) is 45.4 Å². The zero-order valence-corrected chi connectivity index (χ0v) is 25.8. The van der Waals surface area contributed by atoms with Gasteiger partial charge >= 0.3 is 0 Å². The number of benzene rings is 2. The van der Waals surface area contributed by atoms with Crippen LogP contribution in [0.3, 0.4) is 0 Å². The number of ketones is 2. The van der Waals surface area contributed by atoms with Crippen LogP contribution in [0.1, 0.15) is 76.0 Å². The van der Waals surface area contributed by atoms with E-state index in [2.05, 4.69) is 37.9 Å². The molecule has 2 aliphatic carbocycles. The summed E-state index contributed by atoms with van der Waals surface area (Å²) in [5.74, 6) is -0.386. The van der Waals surface area contributed by atoms with Crippen LogP contribution < -0.4 is 10.1 Å². The van der Waals surface area contributed by atoms with Gasteiger partial charge in [0.2, 0.25) is 0 Å². The molecule has 0 aromatic heterocycles. The summed E-state index contributed by atoms with van der Waals surface area (Å²) in [4.78, 5) is 42.7. The molecular weight excluding hydrogens is 536 g/mol. The van der Waals surface area contributed by atoms with E-state index in [0.29, 0.717) is 46.0 Å². The van der Waals surface area contributed by atoms with Gasteiger partial charge in [0.15, 0.2) is 18.2 Å². The molecule has 1 heterocycles. The van der Waals surface area contributed by atoms with E-state index in [1.807, 2.05) is 39.1 Å². The summed E-state index contributed by atoms with van der Waals surface area (Å²) >= 11 is 6.53. The van der Waals surface area contributed by atoms with Crippen molar-refractivity contribution in [3.63, 3.8) is 0 Å². The zero-order valence-electron chi connectivity index (χ0n) is 25.0. The highest BCUT2D eigenvalue weighted by Crippen LogP contribution is 2.55. The smallest absolute Gasteiger partial charge is 0.262 e. The van der Waals surface area contributed by atoms with Crippen LogP contribution in [0.15, 0.2) is 58.9 Å². The summed E-state index contributed by atoms with van der Waals surface area (Å²) in [7, 11) is 1.98. The lowest BCUT2D eigenvalue weighted by molar-refractivity contribution is -0.120. The number of nitrogens with one attached hydrogen (secondary N) is 1. The molecule has 0 bridgehead atoms. The molecule has 41 heavy (non-hydrogen) atoms. The van der Waals surface area contributed by atoms with Crippen LogP contribution >= 0.6 is 11.6 Å². The van der Waals surface area contributed by atoms with Gasteiger partial charge in [-0.3, -0.25) is 14.4 Å². The summed E-state index contributed by atoms with van der Waals surface area (Å²) in [5.41, 5.74) is 6.39. The maximum absolute atomic E-state index is 13.8. The summed E-state index contributed by atoms with van der Waals surface area (Å²) < 4.78 is 6.12. The van der Waals surface area contributed by atoms with E-state index in [9.17, 15) is 14.4 Å². The highest BCUT2D eigenvalue weighted by molar-refractivity contribution is 6.30. The van der Waals surface area contributed by atoms with Crippen molar-refractivity contribution in [2.45, 2.75) is 73.1 Å². The van der Waals surface area contributed by atoms with Crippen LogP contribution in [0.25, 0.3) is 0 Å². The maximum Gasteiger partial charge on any atom is 0.262 e. The monoisotopic (exact) mass is 574 g/mol. The topological polar surface area (TPSA) is 75.7 Å². The molecule has 216 valence electrons. The van der Waals surface area contributed by atoms with E-state index in [0.717, 1.165) is 35.4 Å². The van der Waals surface area contributed by atoms with E-state index in [1.165, 1.54) is 0 Å². The van der Waals surface area contributed by atoms with Gasteiger partial charge in [-0.25, -0.2) is 0 Å². The van der Waals surface area contributed by atoms with Gasteiger partial charge in [-0.2, -0.15) is 0 Å². The lowest BCUT2D eigenvalue weighted by Crippen LogP contribution is -2.43. The van der Waals surface area contributed by atoms with Gasteiger partial charge in [-0.05, 0) is 79.0 Å². The van der Waals surface area contributed by atoms with E-state index in [-0.39, 0.29) is 34.9 Å². The number of rotatable bonds is 5. The van der Waals surface area contributed by atoms with E-state index in [4.69, 9.17) is 16.3 Å². The van der Waals surface area contributed by atoms with Gasteiger partial charge in [0, 0.05) is 64.6 Å². The van der Waals surface area contributed by atoms with Crippen LogP contribution in [0, 0.1) is 24.7 Å². The van der Waals surface area contributed by atoms with Crippen molar-refractivity contribution in [3.05, 3.63) is 80.7 Å². The first-order chi connectivity index (χ1) is 19.2. The van der Waals surface area contributed by atoms with Gasteiger partial charge in [0.25, 0.3) is 5.91 Å². The zero-order chi connectivity index (χ0) is 29.9. The summed E-state index contributed by atoms with van der Waals surface area (Å²) in [6.45, 7) is 12.2. The molecule has 0 unspecified atom stereocenters. The number of hydrogen-bond donors (Lipinski definition) is 1. The van der Waals surface area contributed by atoms with Crippen LogP contribution in [-0.2, 0) is 14.4 Å². The van der Waals surface area contributed by atoms with Crippen molar-refractivity contribution in [3.8, 4) is 5.75 Å². The summed E-state index contributed by atoms with van der Waals surface area (Å²) in [5, 5.41) is 3.37. The molecule has 0 atom stereocenters. The number of hydrogen-bond acceptors (Lipinski definition) is 5. The second-order valence-electron chi connectivity index (χ2n) is 13.4. The molecule has 0 spiro atoms. The number of aryl methyl sites for hydroxylation is 2. The first-order valence-electron chi connectivity index (χ1n) is 14.2. The first-order valence-corrected chi connectivity index (χ1v) is 14.6. The molecule has 0 saturated carbocycles. The fourth-order valence-corrected chi connectivity index (χ4v) is 6.69. The van der Waals surface area contributed by atoms with Crippen molar-refractivity contribution in [1.82, 2.24) is 4.90 Å². The minimum atomic E-state index is -0.597. The quantitative estimate of drug-likeness (QED) is 0.406. The maximum atomic E-state index is 13.8.